The number of carbonyl (C=O) groups is 2. The summed E-state index contributed by atoms with van der Waals surface area (Å²) >= 11 is 0. The van der Waals surface area contributed by atoms with Crippen molar-refractivity contribution >= 4 is 23.2 Å². The van der Waals surface area contributed by atoms with Crippen LogP contribution in [-0.4, -0.2) is 23.5 Å². The van der Waals surface area contributed by atoms with Crippen molar-refractivity contribution in [2.75, 3.05) is 16.8 Å². The van der Waals surface area contributed by atoms with Gasteiger partial charge in [-0.05, 0) is 37.6 Å². The van der Waals surface area contributed by atoms with E-state index in [1.807, 2.05) is 12.1 Å². The summed E-state index contributed by atoms with van der Waals surface area (Å²) < 4.78 is 0. The molecule has 0 aromatic heterocycles. The summed E-state index contributed by atoms with van der Waals surface area (Å²) in [5.74, 6) is -0.177. The number of nitrogens with one attached hydrogen (secondary N) is 1. The van der Waals surface area contributed by atoms with E-state index in [1.54, 1.807) is 48.2 Å². The van der Waals surface area contributed by atoms with E-state index in [-0.39, 0.29) is 11.8 Å². The number of rotatable bonds is 4. The van der Waals surface area contributed by atoms with Crippen LogP contribution in [0.4, 0.5) is 11.4 Å². The van der Waals surface area contributed by atoms with E-state index < -0.39 is 6.10 Å². The van der Waals surface area contributed by atoms with Crippen molar-refractivity contribution < 1.29 is 14.7 Å². The second-order valence-corrected chi connectivity index (χ2v) is 5.92. The lowest BCUT2D eigenvalue weighted by Gasteiger charge is -2.17. The Hall–Kier alpha value is -2.66. The zero-order valence-electron chi connectivity index (χ0n) is 13.5. The Morgan fingerprint density at radius 1 is 1.21 bits per heavy atom. The minimum absolute atomic E-state index is 0.0898. The maximum atomic E-state index is 12.5. The molecule has 1 aliphatic rings. The molecule has 1 unspecified atom stereocenters. The number of hydrogen-bond acceptors (Lipinski definition) is 3. The second kappa shape index (κ2) is 6.84. The molecule has 1 heterocycles. The Bertz CT molecular complexity index is 771. The van der Waals surface area contributed by atoms with Crippen molar-refractivity contribution in [3.8, 4) is 0 Å². The minimum Gasteiger partial charge on any atom is -0.389 e. The Morgan fingerprint density at radius 3 is 2.71 bits per heavy atom. The van der Waals surface area contributed by atoms with Crippen molar-refractivity contribution in [3.05, 3.63) is 59.7 Å². The average Bonchev–Trinajstić information content (AvgIpc) is 3.01. The highest BCUT2D eigenvalue weighted by Gasteiger charge is 2.22. The smallest absolute Gasteiger partial charge is 0.255 e. The van der Waals surface area contributed by atoms with Crippen molar-refractivity contribution in [2.45, 2.75) is 25.9 Å². The molecule has 5 nitrogen and oxygen atoms in total. The zero-order chi connectivity index (χ0) is 17.1. The van der Waals surface area contributed by atoms with Gasteiger partial charge in [0, 0.05) is 35.5 Å². The van der Waals surface area contributed by atoms with Gasteiger partial charge in [0.25, 0.3) is 5.91 Å². The van der Waals surface area contributed by atoms with E-state index in [0.29, 0.717) is 29.8 Å². The van der Waals surface area contributed by atoms with Gasteiger partial charge in [-0.15, -0.1) is 0 Å². The lowest BCUT2D eigenvalue weighted by Crippen LogP contribution is -2.24. The minimum atomic E-state index is -0.671. The Labute approximate surface area is 140 Å². The highest BCUT2D eigenvalue weighted by Crippen LogP contribution is 2.25. The molecular formula is C19H20N2O3. The molecule has 0 spiro atoms. The summed E-state index contributed by atoms with van der Waals surface area (Å²) in [4.78, 5) is 26.1. The molecule has 0 saturated carbocycles. The van der Waals surface area contributed by atoms with Crippen LogP contribution >= 0.6 is 0 Å². The molecule has 124 valence electrons. The van der Waals surface area contributed by atoms with Crippen LogP contribution in [0.25, 0.3) is 0 Å². The summed E-state index contributed by atoms with van der Waals surface area (Å²) in [6.07, 6.45) is 0.727. The van der Waals surface area contributed by atoms with Gasteiger partial charge in [-0.3, -0.25) is 9.59 Å². The van der Waals surface area contributed by atoms with E-state index in [2.05, 4.69) is 5.32 Å². The molecule has 0 radical (unpaired) electrons. The van der Waals surface area contributed by atoms with Crippen LogP contribution in [0.2, 0.25) is 0 Å². The van der Waals surface area contributed by atoms with Crippen LogP contribution in [0.3, 0.4) is 0 Å². The lowest BCUT2D eigenvalue weighted by atomic mass is 10.1. The van der Waals surface area contributed by atoms with E-state index >= 15 is 0 Å². The first-order valence-corrected chi connectivity index (χ1v) is 8.05. The van der Waals surface area contributed by atoms with Gasteiger partial charge in [-0.25, -0.2) is 0 Å². The highest BCUT2D eigenvalue weighted by atomic mass is 16.3. The van der Waals surface area contributed by atoms with Crippen LogP contribution in [-0.2, 0) is 4.79 Å². The molecule has 1 saturated heterocycles. The highest BCUT2D eigenvalue weighted by molar-refractivity contribution is 6.06. The molecule has 2 N–H and O–H groups in total. The fourth-order valence-corrected chi connectivity index (χ4v) is 2.91. The summed E-state index contributed by atoms with van der Waals surface area (Å²) in [5, 5.41) is 12.6. The molecular weight excluding hydrogens is 304 g/mol. The van der Waals surface area contributed by atoms with Gasteiger partial charge in [0.1, 0.15) is 0 Å². The second-order valence-electron chi connectivity index (χ2n) is 5.92. The van der Waals surface area contributed by atoms with E-state index in [0.717, 1.165) is 12.1 Å². The molecule has 5 heteroatoms. The number of amides is 2. The average molecular weight is 324 g/mol. The lowest BCUT2D eigenvalue weighted by molar-refractivity contribution is -0.117. The summed E-state index contributed by atoms with van der Waals surface area (Å²) in [7, 11) is 0. The largest absolute Gasteiger partial charge is 0.389 e. The molecule has 1 atom stereocenters. The van der Waals surface area contributed by atoms with Gasteiger partial charge in [0.05, 0.1) is 6.10 Å². The van der Waals surface area contributed by atoms with E-state index in [9.17, 15) is 14.7 Å². The summed E-state index contributed by atoms with van der Waals surface area (Å²) in [6.45, 7) is 2.35. The van der Waals surface area contributed by atoms with Crippen LogP contribution in [0.15, 0.2) is 48.5 Å². The first kappa shape index (κ1) is 16.2. The molecule has 0 aliphatic carbocycles. The third-order valence-electron chi connectivity index (χ3n) is 4.15. The van der Waals surface area contributed by atoms with Crippen molar-refractivity contribution in [1.29, 1.82) is 0 Å². The Balaban J connectivity index is 1.82. The number of hydrogen-bond donors (Lipinski definition) is 2. The van der Waals surface area contributed by atoms with Crippen LogP contribution in [0.5, 0.6) is 0 Å². The predicted molar refractivity (Wildman–Crippen MR) is 93.1 cm³/mol. The Kier molecular flexibility index (Phi) is 4.62. The normalized spacial score (nSPS) is 15.4. The molecule has 2 amide bonds. The van der Waals surface area contributed by atoms with Crippen LogP contribution in [0.1, 0.15) is 41.8 Å². The SMILES string of the molecule is CC(O)c1ccccc1NC(=O)c1cccc(N2CCCC2=O)c1. The van der Waals surface area contributed by atoms with Gasteiger partial charge in [0.15, 0.2) is 0 Å². The Morgan fingerprint density at radius 2 is 2.00 bits per heavy atom. The zero-order valence-corrected chi connectivity index (χ0v) is 13.5. The fraction of sp³-hybridized carbons (Fsp3) is 0.263. The summed E-state index contributed by atoms with van der Waals surface area (Å²) in [6, 6.07) is 14.2. The molecule has 0 bridgehead atoms. The quantitative estimate of drug-likeness (QED) is 0.908. The van der Waals surface area contributed by atoms with Crippen LogP contribution in [0, 0.1) is 0 Å². The van der Waals surface area contributed by atoms with Crippen molar-refractivity contribution in [3.63, 3.8) is 0 Å². The number of carbonyl (C=O) groups excluding carboxylic acids is 2. The number of nitrogens with zero attached hydrogens (tertiary/aromatic N) is 1. The number of anilines is 2. The van der Waals surface area contributed by atoms with E-state index in [1.165, 1.54) is 0 Å². The molecule has 2 aromatic rings. The molecule has 1 aliphatic heterocycles. The van der Waals surface area contributed by atoms with Gasteiger partial charge in [0.2, 0.25) is 5.91 Å². The monoisotopic (exact) mass is 324 g/mol. The molecule has 2 aromatic carbocycles. The first-order valence-electron chi connectivity index (χ1n) is 8.05. The third kappa shape index (κ3) is 3.31. The van der Waals surface area contributed by atoms with Crippen molar-refractivity contribution in [2.24, 2.45) is 0 Å². The fourth-order valence-electron chi connectivity index (χ4n) is 2.91. The first-order chi connectivity index (χ1) is 11.6. The number of benzene rings is 2. The summed E-state index contributed by atoms with van der Waals surface area (Å²) in [5.41, 5.74) is 2.47. The molecule has 24 heavy (non-hydrogen) atoms. The van der Waals surface area contributed by atoms with Crippen molar-refractivity contribution in [1.82, 2.24) is 0 Å². The standard InChI is InChI=1S/C19H20N2O3/c1-13(22)16-8-2-3-9-17(16)20-19(24)14-6-4-7-15(12-14)21-11-5-10-18(21)23/h2-4,6-9,12-13,22H,5,10-11H2,1H3,(H,20,24). The topological polar surface area (TPSA) is 69.6 Å². The number of para-hydroxylation sites is 1. The van der Waals surface area contributed by atoms with Crippen LogP contribution < -0.4 is 10.2 Å². The number of aliphatic hydroxyl groups is 1. The maximum absolute atomic E-state index is 12.5. The molecule has 1 fully saturated rings. The predicted octanol–water partition coefficient (Wildman–Crippen LogP) is 3.12. The van der Waals surface area contributed by atoms with Gasteiger partial charge < -0.3 is 15.3 Å². The van der Waals surface area contributed by atoms with E-state index in [4.69, 9.17) is 0 Å². The van der Waals surface area contributed by atoms with Gasteiger partial charge in [-0.2, -0.15) is 0 Å². The van der Waals surface area contributed by atoms with Gasteiger partial charge >= 0.3 is 0 Å². The maximum Gasteiger partial charge on any atom is 0.255 e. The third-order valence-corrected chi connectivity index (χ3v) is 4.15. The van der Waals surface area contributed by atoms with Gasteiger partial charge in [-0.1, -0.05) is 24.3 Å². The number of aliphatic hydroxyl groups excluding tert-OH is 1. The molecule has 3 rings (SSSR count).